The molecule has 0 aliphatic heterocycles. The Morgan fingerprint density at radius 3 is 2.33 bits per heavy atom. The fraction of sp³-hybridized carbons (Fsp3) is 0.267. The van der Waals surface area contributed by atoms with E-state index in [0.717, 1.165) is 11.6 Å². The van der Waals surface area contributed by atoms with Gasteiger partial charge < -0.3 is 5.11 Å². The number of rotatable bonds is 4. The van der Waals surface area contributed by atoms with Gasteiger partial charge in [-0.1, -0.05) is 48.0 Å². The second-order valence-corrected chi connectivity index (χ2v) is 4.97. The molecule has 1 atom stereocenters. The first kappa shape index (κ1) is 15.8. The Kier molecular flexibility index (Phi) is 4.85. The van der Waals surface area contributed by atoms with Crippen LogP contribution in [0.3, 0.4) is 0 Å². The van der Waals surface area contributed by atoms with Crippen LogP contribution in [0.2, 0.25) is 5.15 Å². The highest BCUT2D eigenvalue weighted by molar-refractivity contribution is 6.30. The van der Waals surface area contributed by atoms with Gasteiger partial charge in [0, 0.05) is 5.56 Å². The number of aromatic nitrogens is 1. The standard InChI is InChI=1S/C15H13ClF3NO/c16-14-11(7-9-13(20-14)15(17,18)19)12(21)8-6-10-4-2-1-3-5-10/h1-5,7,9,12,21H,6,8H2. The Morgan fingerprint density at radius 1 is 1.10 bits per heavy atom. The summed E-state index contributed by atoms with van der Waals surface area (Å²) in [5.41, 5.74) is 0.180. The predicted molar refractivity (Wildman–Crippen MR) is 74.0 cm³/mol. The van der Waals surface area contributed by atoms with Gasteiger partial charge in [0.2, 0.25) is 0 Å². The lowest BCUT2D eigenvalue weighted by Crippen LogP contribution is -2.10. The van der Waals surface area contributed by atoms with Crippen LogP contribution in [0.25, 0.3) is 0 Å². The molecule has 0 saturated carbocycles. The molecule has 1 aromatic carbocycles. The summed E-state index contributed by atoms with van der Waals surface area (Å²) in [6.45, 7) is 0. The Balaban J connectivity index is 2.07. The maximum absolute atomic E-state index is 12.5. The molecule has 2 nitrogen and oxygen atoms in total. The second-order valence-electron chi connectivity index (χ2n) is 4.61. The average molecular weight is 316 g/mol. The van der Waals surface area contributed by atoms with Gasteiger partial charge in [-0.3, -0.25) is 0 Å². The van der Waals surface area contributed by atoms with E-state index in [2.05, 4.69) is 4.98 Å². The van der Waals surface area contributed by atoms with Gasteiger partial charge in [-0.05, 0) is 24.5 Å². The van der Waals surface area contributed by atoms with Gasteiger partial charge in [0.05, 0.1) is 6.10 Å². The van der Waals surface area contributed by atoms with Crippen molar-refractivity contribution in [3.8, 4) is 0 Å². The van der Waals surface area contributed by atoms with Crippen molar-refractivity contribution in [2.45, 2.75) is 25.1 Å². The zero-order chi connectivity index (χ0) is 15.5. The van der Waals surface area contributed by atoms with Crippen molar-refractivity contribution in [2.75, 3.05) is 0 Å². The van der Waals surface area contributed by atoms with Crippen molar-refractivity contribution in [3.05, 3.63) is 64.4 Å². The minimum absolute atomic E-state index is 0.209. The van der Waals surface area contributed by atoms with E-state index >= 15 is 0 Å². The van der Waals surface area contributed by atoms with Crippen molar-refractivity contribution >= 4 is 11.6 Å². The lowest BCUT2D eigenvalue weighted by molar-refractivity contribution is -0.141. The van der Waals surface area contributed by atoms with Gasteiger partial charge in [-0.25, -0.2) is 4.98 Å². The number of hydrogen-bond donors (Lipinski definition) is 1. The van der Waals surface area contributed by atoms with Gasteiger partial charge >= 0.3 is 6.18 Å². The maximum atomic E-state index is 12.5. The molecule has 21 heavy (non-hydrogen) atoms. The number of nitrogens with zero attached hydrogens (tertiary/aromatic N) is 1. The van der Waals surface area contributed by atoms with E-state index in [4.69, 9.17) is 11.6 Å². The first-order valence-corrected chi connectivity index (χ1v) is 6.71. The molecule has 0 amide bonds. The van der Waals surface area contributed by atoms with E-state index in [1.807, 2.05) is 30.3 Å². The fourth-order valence-electron chi connectivity index (χ4n) is 1.96. The van der Waals surface area contributed by atoms with Crippen LogP contribution in [-0.4, -0.2) is 10.1 Å². The third kappa shape index (κ3) is 4.19. The first-order valence-electron chi connectivity index (χ1n) is 6.33. The summed E-state index contributed by atoms with van der Waals surface area (Å²) in [6.07, 6.45) is -4.54. The molecule has 0 fully saturated rings. The number of aliphatic hydroxyl groups is 1. The molecule has 2 rings (SSSR count). The molecule has 1 aromatic heterocycles. The summed E-state index contributed by atoms with van der Waals surface area (Å²) >= 11 is 5.74. The summed E-state index contributed by atoms with van der Waals surface area (Å²) in [4.78, 5) is 3.30. The monoisotopic (exact) mass is 315 g/mol. The summed E-state index contributed by atoms with van der Waals surface area (Å²) in [5.74, 6) is 0. The topological polar surface area (TPSA) is 33.1 Å². The zero-order valence-corrected chi connectivity index (χ0v) is 11.7. The molecule has 112 valence electrons. The number of pyridine rings is 1. The van der Waals surface area contributed by atoms with E-state index < -0.39 is 18.0 Å². The van der Waals surface area contributed by atoms with Crippen molar-refractivity contribution in [3.63, 3.8) is 0 Å². The molecule has 1 heterocycles. The SMILES string of the molecule is OC(CCc1ccccc1)c1ccc(C(F)(F)F)nc1Cl. The van der Waals surface area contributed by atoms with E-state index in [-0.39, 0.29) is 10.7 Å². The number of hydrogen-bond acceptors (Lipinski definition) is 2. The highest BCUT2D eigenvalue weighted by atomic mass is 35.5. The van der Waals surface area contributed by atoms with E-state index in [1.54, 1.807) is 0 Å². The van der Waals surface area contributed by atoms with Gasteiger partial charge in [-0.15, -0.1) is 0 Å². The molecule has 0 bridgehead atoms. The van der Waals surface area contributed by atoms with Crippen LogP contribution in [0.15, 0.2) is 42.5 Å². The number of aliphatic hydroxyl groups excluding tert-OH is 1. The smallest absolute Gasteiger partial charge is 0.388 e. The highest BCUT2D eigenvalue weighted by Crippen LogP contribution is 2.32. The van der Waals surface area contributed by atoms with Crippen LogP contribution in [0.1, 0.15) is 29.3 Å². The van der Waals surface area contributed by atoms with Gasteiger partial charge in [0.25, 0.3) is 0 Å². The van der Waals surface area contributed by atoms with Crippen LogP contribution in [0, 0.1) is 0 Å². The number of halogens is 4. The van der Waals surface area contributed by atoms with Crippen molar-refractivity contribution in [1.82, 2.24) is 4.98 Å². The van der Waals surface area contributed by atoms with Gasteiger partial charge in [0.1, 0.15) is 10.8 Å². The summed E-state index contributed by atoms with van der Waals surface area (Å²) in [7, 11) is 0. The Labute approximate surface area is 125 Å². The quantitative estimate of drug-likeness (QED) is 0.847. The third-order valence-electron chi connectivity index (χ3n) is 3.08. The molecule has 0 saturated heterocycles. The lowest BCUT2D eigenvalue weighted by atomic mass is 10.0. The zero-order valence-electron chi connectivity index (χ0n) is 10.9. The number of alkyl halides is 3. The van der Waals surface area contributed by atoms with Crippen molar-refractivity contribution in [1.29, 1.82) is 0 Å². The summed E-state index contributed by atoms with van der Waals surface area (Å²) in [6, 6.07) is 11.5. The molecule has 1 unspecified atom stereocenters. The third-order valence-corrected chi connectivity index (χ3v) is 3.38. The average Bonchev–Trinajstić information content (AvgIpc) is 2.45. The van der Waals surface area contributed by atoms with E-state index in [9.17, 15) is 18.3 Å². The second kappa shape index (κ2) is 6.45. The first-order chi connectivity index (χ1) is 9.88. The molecule has 6 heteroatoms. The number of benzene rings is 1. The Hall–Kier alpha value is -1.59. The highest BCUT2D eigenvalue weighted by Gasteiger charge is 2.33. The van der Waals surface area contributed by atoms with Gasteiger partial charge in [-0.2, -0.15) is 13.2 Å². The Bertz CT molecular complexity index is 602. The summed E-state index contributed by atoms with van der Waals surface area (Å²) < 4.78 is 37.5. The summed E-state index contributed by atoms with van der Waals surface area (Å²) in [5, 5.41) is 9.74. The van der Waals surface area contributed by atoms with Crippen LogP contribution >= 0.6 is 11.6 Å². The van der Waals surface area contributed by atoms with E-state index in [0.29, 0.717) is 12.8 Å². The molecule has 0 aliphatic carbocycles. The molecule has 1 N–H and O–H groups in total. The molecule has 0 spiro atoms. The molecular weight excluding hydrogens is 303 g/mol. The van der Waals surface area contributed by atoms with Crippen molar-refractivity contribution in [2.24, 2.45) is 0 Å². The van der Waals surface area contributed by atoms with Crippen LogP contribution in [0.4, 0.5) is 13.2 Å². The minimum Gasteiger partial charge on any atom is -0.388 e. The largest absolute Gasteiger partial charge is 0.433 e. The molecular formula is C15H13ClF3NO. The van der Waals surface area contributed by atoms with Crippen molar-refractivity contribution < 1.29 is 18.3 Å². The fourth-order valence-corrected chi connectivity index (χ4v) is 2.24. The molecule has 2 aromatic rings. The van der Waals surface area contributed by atoms with E-state index in [1.165, 1.54) is 6.07 Å². The number of aryl methyl sites for hydroxylation is 1. The normalized spacial score (nSPS) is 13.2. The van der Waals surface area contributed by atoms with Crippen LogP contribution in [-0.2, 0) is 12.6 Å². The predicted octanol–water partition coefficient (Wildman–Crippen LogP) is 4.42. The van der Waals surface area contributed by atoms with Crippen LogP contribution < -0.4 is 0 Å². The lowest BCUT2D eigenvalue weighted by Gasteiger charge is -2.14. The minimum atomic E-state index is -4.54. The maximum Gasteiger partial charge on any atom is 0.433 e. The molecule has 0 aliphatic rings. The van der Waals surface area contributed by atoms with Crippen LogP contribution in [0.5, 0.6) is 0 Å². The Morgan fingerprint density at radius 2 is 1.76 bits per heavy atom. The van der Waals surface area contributed by atoms with Gasteiger partial charge in [0.15, 0.2) is 0 Å². The molecule has 0 radical (unpaired) electrons.